The number of nitrogens with one attached hydrogen (secondary N) is 1. The van der Waals surface area contributed by atoms with Crippen LogP contribution in [0, 0.1) is 0 Å². The summed E-state index contributed by atoms with van der Waals surface area (Å²) < 4.78 is 49.6. The first-order valence-corrected chi connectivity index (χ1v) is 6.32. The van der Waals surface area contributed by atoms with Crippen molar-refractivity contribution in [2.45, 2.75) is 6.18 Å². The van der Waals surface area contributed by atoms with Gasteiger partial charge in [0.2, 0.25) is 5.76 Å². The van der Waals surface area contributed by atoms with Crippen LogP contribution in [0.3, 0.4) is 0 Å². The topological polar surface area (TPSA) is 114 Å². The van der Waals surface area contributed by atoms with E-state index in [1.54, 1.807) is 23.5 Å². The Morgan fingerprint density at radius 3 is 2.46 bits per heavy atom. The van der Waals surface area contributed by atoms with E-state index in [-0.39, 0.29) is 5.56 Å². The van der Waals surface area contributed by atoms with Gasteiger partial charge in [0.25, 0.3) is 11.8 Å². The second-order valence-corrected chi connectivity index (χ2v) is 4.45. The SMILES string of the molecule is O=C(O)Nc1noc(-c2onc(-c3ccccc3)c2C(F)(F)F)n1. The van der Waals surface area contributed by atoms with Crippen LogP contribution in [0.15, 0.2) is 39.4 Å². The molecule has 2 heterocycles. The maximum absolute atomic E-state index is 13.4. The molecular weight excluding hydrogens is 333 g/mol. The molecular formula is C13H7F3N4O4. The monoisotopic (exact) mass is 340 g/mol. The molecule has 11 heteroatoms. The number of nitrogens with zero attached hydrogens (tertiary/aromatic N) is 3. The molecule has 0 atom stereocenters. The van der Waals surface area contributed by atoms with Gasteiger partial charge in [-0.1, -0.05) is 35.5 Å². The van der Waals surface area contributed by atoms with E-state index < -0.39 is 41.1 Å². The smallest absolute Gasteiger partial charge is 0.422 e. The van der Waals surface area contributed by atoms with Gasteiger partial charge >= 0.3 is 12.3 Å². The van der Waals surface area contributed by atoms with Crippen molar-refractivity contribution < 1.29 is 32.1 Å². The van der Waals surface area contributed by atoms with Crippen molar-refractivity contribution in [3.63, 3.8) is 0 Å². The Balaban J connectivity index is 2.11. The molecule has 0 aliphatic carbocycles. The lowest BCUT2D eigenvalue weighted by Crippen LogP contribution is -2.09. The predicted octanol–water partition coefficient (Wildman–Crippen LogP) is 3.50. The molecule has 0 fully saturated rings. The minimum atomic E-state index is -4.81. The number of aromatic nitrogens is 3. The molecule has 24 heavy (non-hydrogen) atoms. The van der Waals surface area contributed by atoms with Gasteiger partial charge in [0.05, 0.1) is 0 Å². The summed E-state index contributed by atoms with van der Waals surface area (Å²) in [7, 11) is 0. The minimum Gasteiger partial charge on any atom is -0.465 e. The van der Waals surface area contributed by atoms with E-state index in [0.29, 0.717) is 0 Å². The molecule has 0 saturated carbocycles. The Bertz CT molecular complexity index is 873. The molecule has 0 saturated heterocycles. The zero-order valence-corrected chi connectivity index (χ0v) is 11.5. The van der Waals surface area contributed by atoms with Gasteiger partial charge in [-0.25, -0.2) is 4.79 Å². The van der Waals surface area contributed by atoms with Gasteiger partial charge in [-0.15, -0.1) is 0 Å². The maximum atomic E-state index is 13.4. The summed E-state index contributed by atoms with van der Waals surface area (Å²) in [4.78, 5) is 14.0. The number of benzene rings is 1. The minimum absolute atomic E-state index is 0.184. The average molecular weight is 340 g/mol. The molecule has 0 unspecified atom stereocenters. The molecule has 0 aliphatic heterocycles. The van der Waals surface area contributed by atoms with Crippen molar-refractivity contribution in [1.29, 1.82) is 0 Å². The highest BCUT2D eigenvalue weighted by Crippen LogP contribution is 2.42. The molecule has 0 radical (unpaired) electrons. The van der Waals surface area contributed by atoms with E-state index in [1.165, 1.54) is 12.1 Å². The molecule has 8 nitrogen and oxygen atoms in total. The molecule has 2 aromatic heterocycles. The van der Waals surface area contributed by atoms with Crippen molar-refractivity contribution in [2.24, 2.45) is 0 Å². The third kappa shape index (κ3) is 2.91. The Hall–Kier alpha value is -3.37. The fraction of sp³-hybridized carbons (Fsp3) is 0.0769. The molecule has 3 rings (SSSR count). The predicted molar refractivity (Wildman–Crippen MR) is 71.9 cm³/mol. The summed E-state index contributed by atoms with van der Waals surface area (Å²) in [5.41, 5.74) is -1.45. The summed E-state index contributed by atoms with van der Waals surface area (Å²) in [5.74, 6) is -1.98. The van der Waals surface area contributed by atoms with Gasteiger partial charge < -0.3 is 14.2 Å². The Kier molecular flexibility index (Phi) is 3.67. The molecule has 124 valence electrons. The highest BCUT2D eigenvalue weighted by molar-refractivity contribution is 5.80. The average Bonchev–Trinajstić information content (AvgIpc) is 3.13. The molecule has 1 amide bonds. The number of rotatable bonds is 3. The summed E-state index contributed by atoms with van der Waals surface area (Å²) in [6.45, 7) is 0. The zero-order valence-electron chi connectivity index (χ0n) is 11.5. The molecule has 0 bridgehead atoms. The number of anilines is 1. The van der Waals surface area contributed by atoms with E-state index in [4.69, 9.17) is 9.63 Å². The summed E-state index contributed by atoms with van der Waals surface area (Å²) >= 11 is 0. The fourth-order valence-electron chi connectivity index (χ4n) is 1.95. The quantitative estimate of drug-likeness (QED) is 0.750. The highest BCUT2D eigenvalue weighted by Gasteiger charge is 2.42. The fourth-order valence-corrected chi connectivity index (χ4v) is 1.95. The molecule has 0 spiro atoms. The number of alkyl halides is 3. The normalized spacial score (nSPS) is 11.5. The van der Waals surface area contributed by atoms with E-state index in [2.05, 4.69) is 19.8 Å². The van der Waals surface area contributed by atoms with Crippen molar-refractivity contribution in [3.8, 4) is 22.9 Å². The third-order valence-corrected chi connectivity index (χ3v) is 2.86. The number of halogens is 3. The van der Waals surface area contributed by atoms with Crippen LogP contribution in [0.4, 0.5) is 23.9 Å². The number of carbonyl (C=O) groups is 1. The molecule has 3 aromatic rings. The molecule has 2 N–H and O–H groups in total. The molecule has 1 aromatic carbocycles. The number of hydrogen-bond donors (Lipinski definition) is 2. The van der Waals surface area contributed by atoms with Crippen molar-refractivity contribution >= 4 is 12.0 Å². The van der Waals surface area contributed by atoms with Crippen molar-refractivity contribution in [3.05, 3.63) is 35.9 Å². The first-order valence-electron chi connectivity index (χ1n) is 6.32. The van der Waals surface area contributed by atoms with E-state index in [0.717, 1.165) is 0 Å². The second-order valence-electron chi connectivity index (χ2n) is 4.45. The summed E-state index contributed by atoms with van der Waals surface area (Å²) in [6, 6.07) is 7.60. The van der Waals surface area contributed by atoms with Crippen LogP contribution >= 0.6 is 0 Å². The van der Waals surface area contributed by atoms with Gasteiger partial charge in [0.1, 0.15) is 11.3 Å². The Morgan fingerprint density at radius 2 is 1.83 bits per heavy atom. The van der Waals surface area contributed by atoms with Crippen LogP contribution in [-0.4, -0.2) is 26.5 Å². The van der Waals surface area contributed by atoms with Crippen molar-refractivity contribution in [2.75, 3.05) is 5.32 Å². The van der Waals surface area contributed by atoms with Gasteiger partial charge in [0, 0.05) is 5.56 Å². The van der Waals surface area contributed by atoms with E-state index in [9.17, 15) is 18.0 Å². The molecule has 0 aliphatic rings. The second kappa shape index (κ2) is 5.68. The van der Waals surface area contributed by atoms with E-state index >= 15 is 0 Å². The van der Waals surface area contributed by atoms with Gasteiger partial charge in [-0.3, -0.25) is 5.32 Å². The summed E-state index contributed by atoms with van der Waals surface area (Å²) in [5, 5.41) is 16.9. The van der Waals surface area contributed by atoms with Gasteiger partial charge in [0.15, 0.2) is 0 Å². The standard InChI is InChI=1S/C13H7F3N4O4/c14-13(15,16)7-8(6-4-2-1-3-5-6)19-23-9(7)10-17-11(20-24-10)18-12(21)22/h1-5H,(H,18,20)(H,21,22). The third-order valence-electron chi connectivity index (χ3n) is 2.86. The van der Waals surface area contributed by atoms with Gasteiger partial charge in [-0.2, -0.15) is 18.2 Å². The van der Waals surface area contributed by atoms with Crippen LogP contribution in [0.1, 0.15) is 5.56 Å². The summed E-state index contributed by atoms with van der Waals surface area (Å²) in [6.07, 6.45) is -6.31. The van der Waals surface area contributed by atoms with Crippen LogP contribution < -0.4 is 5.32 Å². The first kappa shape index (κ1) is 15.5. The number of carboxylic acid groups (broad SMARTS) is 1. The number of amides is 1. The van der Waals surface area contributed by atoms with Crippen LogP contribution in [0.5, 0.6) is 0 Å². The van der Waals surface area contributed by atoms with Crippen molar-refractivity contribution in [1.82, 2.24) is 15.3 Å². The Morgan fingerprint density at radius 1 is 1.12 bits per heavy atom. The first-order chi connectivity index (χ1) is 11.4. The zero-order chi connectivity index (χ0) is 17.3. The van der Waals surface area contributed by atoms with Crippen LogP contribution in [-0.2, 0) is 6.18 Å². The lowest BCUT2D eigenvalue weighted by Gasteiger charge is -2.06. The Labute approximate surface area is 130 Å². The lowest BCUT2D eigenvalue weighted by atomic mass is 10.1. The van der Waals surface area contributed by atoms with Gasteiger partial charge in [-0.05, 0) is 5.16 Å². The van der Waals surface area contributed by atoms with Crippen LogP contribution in [0.2, 0.25) is 0 Å². The number of hydrogen-bond acceptors (Lipinski definition) is 6. The van der Waals surface area contributed by atoms with Crippen LogP contribution in [0.25, 0.3) is 22.9 Å². The highest BCUT2D eigenvalue weighted by atomic mass is 19.4. The largest absolute Gasteiger partial charge is 0.465 e. The van der Waals surface area contributed by atoms with E-state index in [1.807, 2.05) is 0 Å². The maximum Gasteiger partial charge on any atom is 0.422 e. The lowest BCUT2D eigenvalue weighted by molar-refractivity contribution is -0.136.